The van der Waals surface area contributed by atoms with E-state index in [0.29, 0.717) is 24.5 Å². The summed E-state index contributed by atoms with van der Waals surface area (Å²) in [6.45, 7) is 0.420. The topological polar surface area (TPSA) is 44.5 Å². The highest BCUT2D eigenvalue weighted by Gasteiger charge is 2.30. The predicted molar refractivity (Wildman–Crippen MR) is 73.2 cm³/mol. The van der Waals surface area contributed by atoms with Gasteiger partial charge in [-0.3, -0.25) is 0 Å². The van der Waals surface area contributed by atoms with Crippen molar-refractivity contribution < 1.29 is 22.6 Å². The van der Waals surface area contributed by atoms with E-state index in [1.165, 1.54) is 24.3 Å². The van der Waals surface area contributed by atoms with Crippen LogP contribution in [-0.4, -0.2) is 13.0 Å². The second-order valence-electron chi connectivity index (χ2n) is 4.36. The molecule has 2 aromatic carbocycles. The first-order valence-corrected chi connectivity index (χ1v) is 6.25. The number of alkyl halides is 3. The zero-order valence-corrected chi connectivity index (χ0v) is 11.1. The summed E-state index contributed by atoms with van der Waals surface area (Å²) in [4.78, 5) is 0. The first kappa shape index (κ1) is 15.0. The van der Waals surface area contributed by atoms with E-state index in [1.54, 1.807) is 12.1 Å². The van der Waals surface area contributed by atoms with Gasteiger partial charge in [0, 0.05) is 12.1 Å². The molecule has 0 heterocycles. The molecular formula is C15H14F3NO2. The van der Waals surface area contributed by atoms with Gasteiger partial charge in [0.1, 0.15) is 11.5 Å². The fourth-order valence-electron chi connectivity index (χ4n) is 1.71. The van der Waals surface area contributed by atoms with Crippen LogP contribution in [0.3, 0.4) is 0 Å². The Morgan fingerprint density at radius 1 is 0.857 bits per heavy atom. The number of benzene rings is 2. The lowest BCUT2D eigenvalue weighted by molar-refractivity contribution is -0.274. The van der Waals surface area contributed by atoms with E-state index in [0.717, 1.165) is 5.56 Å². The van der Waals surface area contributed by atoms with Crippen LogP contribution in [0, 0.1) is 0 Å². The van der Waals surface area contributed by atoms with Crippen molar-refractivity contribution in [2.75, 3.05) is 12.3 Å². The van der Waals surface area contributed by atoms with Gasteiger partial charge in [-0.05, 0) is 42.0 Å². The first-order valence-electron chi connectivity index (χ1n) is 6.25. The summed E-state index contributed by atoms with van der Waals surface area (Å²) in [6.07, 6.45) is -4.00. The maximum Gasteiger partial charge on any atom is 0.573 e. The molecule has 0 aliphatic rings. The lowest BCUT2D eigenvalue weighted by atomic mass is 10.1. The Hall–Kier alpha value is -2.37. The van der Waals surface area contributed by atoms with Gasteiger partial charge in [0.2, 0.25) is 0 Å². The SMILES string of the molecule is Nc1ccc(CCOc2ccc(OC(F)(F)F)cc2)cc1. The fraction of sp³-hybridized carbons (Fsp3) is 0.200. The smallest absolute Gasteiger partial charge is 0.493 e. The van der Waals surface area contributed by atoms with Crippen molar-refractivity contribution in [1.29, 1.82) is 0 Å². The summed E-state index contributed by atoms with van der Waals surface area (Å²) < 4.78 is 45.2. The highest BCUT2D eigenvalue weighted by atomic mass is 19.4. The Labute approximate surface area is 120 Å². The van der Waals surface area contributed by atoms with Gasteiger partial charge in [-0.25, -0.2) is 0 Å². The van der Waals surface area contributed by atoms with Crippen LogP contribution in [-0.2, 0) is 6.42 Å². The second kappa shape index (κ2) is 6.39. The molecule has 0 amide bonds. The molecule has 0 radical (unpaired) electrons. The summed E-state index contributed by atoms with van der Waals surface area (Å²) in [5, 5.41) is 0. The summed E-state index contributed by atoms with van der Waals surface area (Å²) >= 11 is 0. The van der Waals surface area contributed by atoms with Crippen molar-refractivity contribution in [3.8, 4) is 11.5 Å². The molecule has 3 nitrogen and oxygen atoms in total. The summed E-state index contributed by atoms with van der Waals surface area (Å²) in [7, 11) is 0. The molecule has 112 valence electrons. The molecule has 2 aromatic rings. The van der Waals surface area contributed by atoms with Crippen LogP contribution >= 0.6 is 0 Å². The lowest BCUT2D eigenvalue weighted by Crippen LogP contribution is -2.16. The third-order valence-corrected chi connectivity index (χ3v) is 2.70. The van der Waals surface area contributed by atoms with E-state index in [4.69, 9.17) is 10.5 Å². The molecule has 0 aromatic heterocycles. The Bertz CT molecular complexity index is 565. The van der Waals surface area contributed by atoms with E-state index in [2.05, 4.69) is 4.74 Å². The third kappa shape index (κ3) is 5.25. The molecule has 0 bridgehead atoms. The number of halogens is 3. The lowest BCUT2D eigenvalue weighted by Gasteiger charge is -2.10. The fourth-order valence-corrected chi connectivity index (χ4v) is 1.71. The number of anilines is 1. The zero-order valence-electron chi connectivity index (χ0n) is 11.1. The molecule has 0 atom stereocenters. The highest BCUT2D eigenvalue weighted by molar-refractivity contribution is 5.39. The number of rotatable bonds is 5. The van der Waals surface area contributed by atoms with Gasteiger partial charge in [-0.2, -0.15) is 0 Å². The molecule has 2 rings (SSSR count). The molecule has 0 spiro atoms. The average Bonchev–Trinajstić information content (AvgIpc) is 2.41. The van der Waals surface area contributed by atoms with Gasteiger partial charge in [-0.1, -0.05) is 12.1 Å². The van der Waals surface area contributed by atoms with E-state index in [-0.39, 0.29) is 5.75 Å². The minimum atomic E-state index is -4.68. The van der Waals surface area contributed by atoms with E-state index >= 15 is 0 Å². The molecule has 0 unspecified atom stereocenters. The predicted octanol–water partition coefficient (Wildman–Crippen LogP) is 3.79. The maximum atomic E-state index is 12.0. The van der Waals surface area contributed by atoms with Gasteiger partial charge < -0.3 is 15.2 Å². The second-order valence-corrected chi connectivity index (χ2v) is 4.36. The van der Waals surface area contributed by atoms with Crippen molar-refractivity contribution in [3.05, 3.63) is 54.1 Å². The van der Waals surface area contributed by atoms with E-state index in [9.17, 15) is 13.2 Å². The zero-order chi connectivity index (χ0) is 15.3. The maximum absolute atomic E-state index is 12.0. The van der Waals surface area contributed by atoms with Crippen LogP contribution in [0.2, 0.25) is 0 Å². The summed E-state index contributed by atoms with van der Waals surface area (Å²) in [6, 6.07) is 12.7. The van der Waals surface area contributed by atoms with Crippen molar-refractivity contribution >= 4 is 5.69 Å². The largest absolute Gasteiger partial charge is 0.573 e. The Morgan fingerprint density at radius 3 is 2.00 bits per heavy atom. The van der Waals surface area contributed by atoms with Gasteiger partial charge in [0.05, 0.1) is 6.61 Å². The van der Waals surface area contributed by atoms with Crippen molar-refractivity contribution in [3.63, 3.8) is 0 Å². The molecule has 0 fully saturated rings. The molecular weight excluding hydrogens is 283 g/mol. The molecule has 21 heavy (non-hydrogen) atoms. The number of nitrogen functional groups attached to an aromatic ring is 1. The van der Waals surface area contributed by atoms with Gasteiger partial charge >= 0.3 is 6.36 Å². The van der Waals surface area contributed by atoms with Gasteiger partial charge in [-0.15, -0.1) is 13.2 Å². The van der Waals surface area contributed by atoms with Crippen molar-refractivity contribution in [2.24, 2.45) is 0 Å². The third-order valence-electron chi connectivity index (χ3n) is 2.70. The number of hydrogen-bond acceptors (Lipinski definition) is 3. The van der Waals surface area contributed by atoms with E-state index < -0.39 is 6.36 Å². The Kier molecular flexibility index (Phi) is 4.57. The quantitative estimate of drug-likeness (QED) is 0.854. The van der Waals surface area contributed by atoms with Crippen LogP contribution < -0.4 is 15.2 Å². The monoisotopic (exact) mass is 297 g/mol. The molecule has 2 N–H and O–H groups in total. The standard InChI is InChI=1S/C15H14F3NO2/c16-15(17,18)21-14-7-5-13(6-8-14)20-10-9-11-1-3-12(19)4-2-11/h1-8H,9-10,19H2. The van der Waals surface area contributed by atoms with Gasteiger partial charge in [0.15, 0.2) is 0 Å². The van der Waals surface area contributed by atoms with Crippen LogP contribution in [0.15, 0.2) is 48.5 Å². The minimum absolute atomic E-state index is 0.270. The van der Waals surface area contributed by atoms with Crippen LogP contribution in [0.5, 0.6) is 11.5 Å². The van der Waals surface area contributed by atoms with Crippen LogP contribution in [0.1, 0.15) is 5.56 Å². The normalized spacial score (nSPS) is 11.2. The molecule has 0 saturated heterocycles. The molecule has 0 saturated carbocycles. The number of nitrogens with two attached hydrogens (primary N) is 1. The Morgan fingerprint density at radius 2 is 1.43 bits per heavy atom. The number of hydrogen-bond donors (Lipinski definition) is 1. The van der Waals surface area contributed by atoms with Crippen molar-refractivity contribution in [1.82, 2.24) is 0 Å². The number of ether oxygens (including phenoxy) is 2. The van der Waals surface area contributed by atoms with Crippen molar-refractivity contribution in [2.45, 2.75) is 12.8 Å². The van der Waals surface area contributed by atoms with E-state index in [1.807, 2.05) is 12.1 Å². The first-order chi connectivity index (χ1) is 9.92. The summed E-state index contributed by atoms with van der Waals surface area (Å²) in [5.41, 5.74) is 7.35. The molecule has 0 aliphatic heterocycles. The average molecular weight is 297 g/mol. The van der Waals surface area contributed by atoms with Gasteiger partial charge in [0.25, 0.3) is 0 Å². The molecule has 0 aliphatic carbocycles. The minimum Gasteiger partial charge on any atom is -0.493 e. The molecule has 6 heteroatoms. The van der Waals surface area contributed by atoms with Crippen LogP contribution in [0.4, 0.5) is 18.9 Å². The Balaban J connectivity index is 1.82. The van der Waals surface area contributed by atoms with Crippen LogP contribution in [0.25, 0.3) is 0 Å². The highest BCUT2D eigenvalue weighted by Crippen LogP contribution is 2.24. The summed E-state index contributed by atoms with van der Waals surface area (Å²) in [5.74, 6) is 0.216.